The van der Waals surface area contributed by atoms with Crippen molar-refractivity contribution in [3.8, 4) is 0 Å². The number of hydrogen-bond donors (Lipinski definition) is 1. The molecule has 0 spiro atoms. The number of ether oxygens (including phenoxy) is 1. The van der Waals surface area contributed by atoms with Crippen molar-refractivity contribution in [2.24, 2.45) is 0 Å². The molecule has 1 amide bonds. The lowest BCUT2D eigenvalue weighted by atomic mass is 9.97. The molecule has 1 N–H and O–H groups in total. The Bertz CT molecular complexity index is 642. The van der Waals surface area contributed by atoms with E-state index in [0.717, 1.165) is 24.8 Å². The summed E-state index contributed by atoms with van der Waals surface area (Å²) in [4.78, 5) is 24.4. The van der Waals surface area contributed by atoms with Gasteiger partial charge in [-0.15, -0.1) is 0 Å². The number of allylic oxidation sites excluding steroid dienone is 1. The highest BCUT2D eigenvalue weighted by Crippen LogP contribution is 2.22. The number of amides is 1. The Morgan fingerprint density at radius 2 is 2.00 bits per heavy atom. The first-order chi connectivity index (χ1) is 11.4. The Labute approximate surface area is 143 Å². The lowest BCUT2D eigenvalue weighted by molar-refractivity contribution is -0.129. The molecule has 0 saturated heterocycles. The van der Waals surface area contributed by atoms with Crippen molar-refractivity contribution in [3.63, 3.8) is 0 Å². The second-order valence-electron chi connectivity index (χ2n) is 6.41. The fraction of sp³-hybridized carbons (Fsp3) is 0.579. The fourth-order valence-electron chi connectivity index (χ4n) is 2.99. The zero-order valence-electron chi connectivity index (χ0n) is 15.0. The fourth-order valence-corrected chi connectivity index (χ4v) is 2.99. The van der Waals surface area contributed by atoms with Gasteiger partial charge >= 0.3 is 5.97 Å². The number of furan rings is 1. The lowest BCUT2D eigenvalue weighted by Crippen LogP contribution is -2.36. The molecule has 2 rings (SSSR count). The first-order valence-corrected chi connectivity index (χ1v) is 8.63. The minimum absolute atomic E-state index is 0.268. The van der Waals surface area contributed by atoms with Gasteiger partial charge in [0.15, 0.2) is 6.10 Å². The van der Waals surface area contributed by atoms with Gasteiger partial charge in [-0.2, -0.15) is 0 Å². The molecule has 0 saturated carbocycles. The van der Waals surface area contributed by atoms with E-state index in [9.17, 15) is 9.59 Å². The molecule has 0 aliphatic heterocycles. The molecule has 1 aliphatic rings. The predicted molar refractivity (Wildman–Crippen MR) is 92.0 cm³/mol. The molecule has 5 heteroatoms. The van der Waals surface area contributed by atoms with E-state index in [1.54, 1.807) is 20.8 Å². The van der Waals surface area contributed by atoms with Crippen LogP contribution in [0.4, 0.5) is 0 Å². The maximum Gasteiger partial charge on any atom is 0.342 e. The second-order valence-corrected chi connectivity index (χ2v) is 6.41. The number of hydrogen-bond acceptors (Lipinski definition) is 4. The molecule has 0 radical (unpaired) electrons. The Balaban J connectivity index is 1.82. The molecule has 0 unspecified atom stereocenters. The summed E-state index contributed by atoms with van der Waals surface area (Å²) in [6, 6.07) is 0. The number of rotatable bonds is 6. The van der Waals surface area contributed by atoms with E-state index in [4.69, 9.17) is 9.15 Å². The molecule has 1 atom stereocenters. The molecular weight excluding hydrogens is 306 g/mol. The average molecular weight is 333 g/mol. The average Bonchev–Trinajstić information content (AvgIpc) is 2.80. The number of nitrogens with one attached hydrogen (secondary N) is 1. The van der Waals surface area contributed by atoms with Gasteiger partial charge in [0.25, 0.3) is 5.91 Å². The van der Waals surface area contributed by atoms with Gasteiger partial charge in [0.1, 0.15) is 17.1 Å². The standard InChI is InChI=1S/C19H27NO4/c1-12-13(2)23-14(3)17(12)19(22)24-15(4)18(21)20-11-10-16-8-6-5-7-9-16/h8,15H,5-7,9-11H2,1-4H3,(H,20,21)/t15-/m1/s1. The maximum absolute atomic E-state index is 12.3. The van der Waals surface area contributed by atoms with E-state index >= 15 is 0 Å². The Hall–Kier alpha value is -2.04. The van der Waals surface area contributed by atoms with Crippen LogP contribution < -0.4 is 5.32 Å². The number of carbonyl (C=O) groups is 2. The molecule has 1 heterocycles. The molecule has 1 aliphatic carbocycles. The summed E-state index contributed by atoms with van der Waals surface area (Å²) in [6.45, 7) is 7.50. The van der Waals surface area contributed by atoms with Gasteiger partial charge < -0.3 is 14.5 Å². The topological polar surface area (TPSA) is 68.5 Å². The minimum Gasteiger partial charge on any atom is -0.465 e. The zero-order valence-corrected chi connectivity index (χ0v) is 15.0. The van der Waals surface area contributed by atoms with Crippen LogP contribution in [-0.2, 0) is 9.53 Å². The third-order valence-corrected chi connectivity index (χ3v) is 4.55. The largest absolute Gasteiger partial charge is 0.465 e. The number of esters is 1. The van der Waals surface area contributed by atoms with Gasteiger partial charge in [0.2, 0.25) is 0 Å². The highest BCUT2D eigenvalue weighted by atomic mass is 16.5. The van der Waals surface area contributed by atoms with Gasteiger partial charge in [-0.3, -0.25) is 4.79 Å². The summed E-state index contributed by atoms with van der Waals surface area (Å²) in [7, 11) is 0. The first kappa shape index (κ1) is 18.3. The van der Waals surface area contributed by atoms with Crippen molar-refractivity contribution in [2.75, 3.05) is 6.54 Å². The zero-order chi connectivity index (χ0) is 17.7. The third-order valence-electron chi connectivity index (χ3n) is 4.55. The van der Waals surface area contributed by atoms with E-state index < -0.39 is 12.1 Å². The van der Waals surface area contributed by atoms with E-state index in [1.807, 2.05) is 6.92 Å². The van der Waals surface area contributed by atoms with Crippen LogP contribution in [0, 0.1) is 20.8 Å². The van der Waals surface area contributed by atoms with Crippen molar-refractivity contribution in [3.05, 3.63) is 34.3 Å². The molecule has 132 valence electrons. The normalized spacial score (nSPS) is 15.6. The van der Waals surface area contributed by atoms with Gasteiger partial charge in [0, 0.05) is 12.1 Å². The van der Waals surface area contributed by atoms with Crippen LogP contribution in [0.5, 0.6) is 0 Å². The molecule has 1 aromatic rings. The predicted octanol–water partition coefficient (Wildman–Crippen LogP) is 3.76. The third kappa shape index (κ3) is 4.49. The molecule has 0 bridgehead atoms. The first-order valence-electron chi connectivity index (χ1n) is 8.63. The van der Waals surface area contributed by atoms with Crippen LogP contribution in [0.2, 0.25) is 0 Å². The van der Waals surface area contributed by atoms with Crippen LogP contribution in [0.15, 0.2) is 16.1 Å². The summed E-state index contributed by atoms with van der Waals surface area (Å²) in [5.74, 6) is 0.430. The minimum atomic E-state index is -0.827. The Morgan fingerprint density at radius 1 is 1.25 bits per heavy atom. The van der Waals surface area contributed by atoms with Crippen LogP contribution in [0.25, 0.3) is 0 Å². The molecule has 24 heavy (non-hydrogen) atoms. The van der Waals surface area contributed by atoms with Crippen LogP contribution in [0.1, 0.15) is 66.5 Å². The Kier molecular flexibility index (Phi) is 6.23. The van der Waals surface area contributed by atoms with E-state index in [-0.39, 0.29) is 5.91 Å². The van der Waals surface area contributed by atoms with Gasteiger partial charge in [-0.05, 0) is 59.8 Å². The van der Waals surface area contributed by atoms with Crippen LogP contribution >= 0.6 is 0 Å². The van der Waals surface area contributed by atoms with E-state index in [0.29, 0.717) is 23.6 Å². The van der Waals surface area contributed by atoms with Crippen molar-refractivity contribution in [2.45, 2.75) is 65.9 Å². The molecule has 0 fully saturated rings. The summed E-state index contributed by atoms with van der Waals surface area (Å²) < 4.78 is 10.7. The molecule has 0 aromatic carbocycles. The van der Waals surface area contributed by atoms with Crippen LogP contribution in [-0.4, -0.2) is 24.5 Å². The SMILES string of the molecule is Cc1oc(C)c(C(=O)O[C@H](C)C(=O)NCCC2=CCCCC2)c1C. The highest BCUT2D eigenvalue weighted by molar-refractivity contribution is 5.94. The van der Waals surface area contributed by atoms with Crippen molar-refractivity contribution >= 4 is 11.9 Å². The van der Waals surface area contributed by atoms with E-state index in [1.165, 1.54) is 18.4 Å². The van der Waals surface area contributed by atoms with Crippen molar-refractivity contribution < 1.29 is 18.7 Å². The summed E-state index contributed by atoms with van der Waals surface area (Å²) in [6.07, 6.45) is 7.06. The summed E-state index contributed by atoms with van der Waals surface area (Å²) in [5.41, 5.74) is 2.58. The highest BCUT2D eigenvalue weighted by Gasteiger charge is 2.24. The maximum atomic E-state index is 12.3. The molecule has 5 nitrogen and oxygen atoms in total. The van der Waals surface area contributed by atoms with E-state index in [2.05, 4.69) is 11.4 Å². The lowest BCUT2D eigenvalue weighted by Gasteiger charge is -2.15. The Morgan fingerprint density at radius 3 is 2.58 bits per heavy atom. The number of carbonyl (C=O) groups excluding carboxylic acids is 2. The second kappa shape index (κ2) is 8.18. The van der Waals surface area contributed by atoms with Crippen molar-refractivity contribution in [1.29, 1.82) is 0 Å². The number of aryl methyl sites for hydroxylation is 2. The smallest absolute Gasteiger partial charge is 0.342 e. The molecule has 1 aromatic heterocycles. The van der Waals surface area contributed by atoms with Gasteiger partial charge in [-0.25, -0.2) is 4.79 Å². The summed E-state index contributed by atoms with van der Waals surface area (Å²) in [5, 5.41) is 2.84. The molecular formula is C19H27NO4. The van der Waals surface area contributed by atoms with Gasteiger partial charge in [-0.1, -0.05) is 11.6 Å². The van der Waals surface area contributed by atoms with Crippen LogP contribution in [0.3, 0.4) is 0 Å². The van der Waals surface area contributed by atoms with Gasteiger partial charge in [0.05, 0.1) is 0 Å². The monoisotopic (exact) mass is 333 g/mol. The quantitative estimate of drug-likeness (QED) is 0.636. The van der Waals surface area contributed by atoms with Crippen molar-refractivity contribution in [1.82, 2.24) is 5.32 Å². The summed E-state index contributed by atoms with van der Waals surface area (Å²) >= 11 is 0.